The van der Waals surface area contributed by atoms with Crippen LogP contribution in [-0.2, 0) is 9.53 Å². The number of esters is 1. The molecule has 160 valence electrons. The third kappa shape index (κ3) is 3.06. The molecular weight excluding hydrogens is 372 g/mol. The molecule has 0 aliphatic heterocycles. The van der Waals surface area contributed by atoms with Crippen molar-refractivity contribution in [1.82, 2.24) is 0 Å². The highest BCUT2D eigenvalue weighted by molar-refractivity contribution is 5.67. The Kier molecular flexibility index (Phi) is 5.31. The van der Waals surface area contributed by atoms with Crippen LogP contribution in [0.15, 0.2) is 11.6 Å². The lowest BCUT2D eigenvalue weighted by Gasteiger charge is -2.59. The fraction of sp³-hybridized carbons (Fsp3) is 0.783. The highest BCUT2D eigenvalue weighted by Gasteiger charge is 2.62. The van der Waals surface area contributed by atoms with Gasteiger partial charge in [-0.05, 0) is 67.3 Å². The van der Waals surface area contributed by atoms with Gasteiger partial charge in [0.15, 0.2) is 0 Å². The van der Waals surface area contributed by atoms with Gasteiger partial charge in [0.05, 0.1) is 30.8 Å². The molecule has 0 bridgehead atoms. The average molecular weight is 405 g/mol. The molecule has 0 aromatic rings. The third-order valence-electron chi connectivity index (χ3n) is 8.63. The Hall–Kier alpha value is -1.39. The van der Waals surface area contributed by atoms with Gasteiger partial charge in [-0.3, -0.25) is 4.79 Å². The zero-order valence-corrected chi connectivity index (χ0v) is 17.2. The average Bonchev–Trinajstić information content (AvgIpc) is 3.02. The minimum Gasteiger partial charge on any atom is -0.396 e. The van der Waals surface area contributed by atoms with Crippen LogP contribution in [0.3, 0.4) is 0 Å². The fourth-order valence-electron chi connectivity index (χ4n) is 7.13. The standard InChI is InChI=1S/C23H32O6/c1-13(25)29-10-7-14-5-8-22(2)15-6-9-23(12-24)16(3-4-19(23)27)20(15)18(26)11-17(22)21(14)28/h11,14-16,18-21,24,26-28H,3-6,8-9,12H2,1-2H3/t14?,15-,16+,18?,19?,20-,21?,22-,23-/m1/s1. The van der Waals surface area contributed by atoms with Gasteiger partial charge in [0.25, 0.3) is 0 Å². The van der Waals surface area contributed by atoms with E-state index in [1.807, 2.05) is 6.08 Å². The summed E-state index contributed by atoms with van der Waals surface area (Å²) in [7, 11) is 0. The first kappa shape index (κ1) is 20.9. The molecular formula is C23H32O6. The normalized spacial score (nSPS) is 48.3. The van der Waals surface area contributed by atoms with Crippen LogP contribution in [0.25, 0.3) is 0 Å². The van der Waals surface area contributed by atoms with E-state index in [4.69, 9.17) is 4.74 Å². The molecule has 0 spiro atoms. The van der Waals surface area contributed by atoms with Gasteiger partial charge in [-0.2, -0.15) is 0 Å². The number of rotatable bonds is 1. The second-order valence-electron chi connectivity index (χ2n) is 9.77. The Morgan fingerprint density at radius 1 is 1.17 bits per heavy atom. The second kappa shape index (κ2) is 7.39. The Morgan fingerprint density at radius 2 is 1.93 bits per heavy atom. The van der Waals surface area contributed by atoms with Crippen LogP contribution in [0.5, 0.6) is 0 Å². The van der Waals surface area contributed by atoms with E-state index < -0.39 is 29.7 Å². The van der Waals surface area contributed by atoms with E-state index in [0.29, 0.717) is 12.8 Å². The molecule has 3 fully saturated rings. The topological polar surface area (TPSA) is 107 Å². The Balaban J connectivity index is 1.65. The van der Waals surface area contributed by atoms with E-state index in [9.17, 15) is 25.2 Å². The van der Waals surface area contributed by atoms with Gasteiger partial charge in [-0.15, -0.1) is 0 Å². The minimum absolute atomic E-state index is 0.0160. The van der Waals surface area contributed by atoms with Crippen LogP contribution in [-0.4, -0.2) is 51.3 Å². The molecule has 0 aromatic heterocycles. The molecule has 9 atom stereocenters. The van der Waals surface area contributed by atoms with Crippen LogP contribution in [0, 0.1) is 46.5 Å². The first-order valence-corrected chi connectivity index (χ1v) is 10.8. The summed E-state index contributed by atoms with van der Waals surface area (Å²) in [5.74, 6) is 2.33. The number of aliphatic hydroxyl groups is 4. The van der Waals surface area contributed by atoms with Crippen molar-refractivity contribution in [2.24, 2.45) is 34.5 Å². The monoisotopic (exact) mass is 404 g/mol. The number of aliphatic hydroxyl groups excluding tert-OH is 4. The molecule has 0 amide bonds. The summed E-state index contributed by atoms with van der Waals surface area (Å²) >= 11 is 0. The van der Waals surface area contributed by atoms with E-state index in [-0.39, 0.29) is 35.7 Å². The van der Waals surface area contributed by atoms with Crippen LogP contribution >= 0.6 is 0 Å². The summed E-state index contributed by atoms with van der Waals surface area (Å²) in [6.45, 7) is 3.43. The van der Waals surface area contributed by atoms with E-state index in [1.54, 1.807) is 0 Å². The third-order valence-corrected chi connectivity index (χ3v) is 8.63. The number of ether oxygens (including phenoxy) is 1. The van der Waals surface area contributed by atoms with E-state index in [0.717, 1.165) is 31.3 Å². The predicted molar refractivity (Wildman–Crippen MR) is 105 cm³/mol. The summed E-state index contributed by atoms with van der Waals surface area (Å²) in [5.41, 5.74) is 0.0995. The number of fused-ring (bicyclic) bond motifs is 5. The van der Waals surface area contributed by atoms with Gasteiger partial charge in [0.2, 0.25) is 0 Å². The van der Waals surface area contributed by atoms with Crippen molar-refractivity contribution in [2.75, 3.05) is 6.61 Å². The van der Waals surface area contributed by atoms with Crippen molar-refractivity contribution in [1.29, 1.82) is 0 Å². The summed E-state index contributed by atoms with van der Waals surface area (Å²) < 4.78 is 4.71. The lowest BCUT2D eigenvalue weighted by atomic mass is 9.46. The van der Waals surface area contributed by atoms with Gasteiger partial charge in [0.1, 0.15) is 6.11 Å². The van der Waals surface area contributed by atoms with Gasteiger partial charge < -0.3 is 25.2 Å². The van der Waals surface area contributed by atoms with Crippen molar-refractivity contribution in [3.05, 3.63) is 11.6 Å². The van der Waals surface area contributed by atoms with Crippen LogP contribution in [0.4, 0.5) is 0 Å². The number of carbonyl (C=O) groups is 1. The molecule has 0 radical (unpaired) electrons. The van der Waals surface area contributed by atoms with Crippen LogP contribution < -0.4 is 0 Å². The molecule has 3 saturated carbocycles. The summed E-state index contributed by atoms with van der Waals surface area (Å²) in [5, 5.41) is 42.9. The SMILES string of the molecule is CC(=O)OC#CC1CC[C@@]2(C)C(=CC(O)[C@@H]3[C@H]2CC[C@]2(CO)C(O)CC[C@@H]32)C1O. The number of hydrogen-bond donors (Lipinski definition) is 4. The highest BCUT2D eigenvalue weighted by Crippen LogP contribution is 2.65. The second-order valence-corrected chi connectivity index (χ2v) is 9.77. The van der Waals surface area contributed by atoms with Crippen molar-refractivity contribution in [3.8, 4) is 12.0 Å². The molecule has 29 heavy (non-hydrogen) atoms. The zero-order valence-electron chi connectivity index (χ0n) is 17.2. The minimum atomic E-state index is -0.800. The van der Waals surface area contributed by atoms with Crippen molar-refractivity contribution in [3.63, 3.8) is 0 Å². The molecule has 0 aromatic carbocycles. The molecule has 6 heteroatoms. The Morgan fingerprint density at radius 3 is 2.62 bits per heavy atom. The molecule has 0 heterocycles. The molecule has 4 unspecified atom stereocenters. The van der Waals surface area contributed by atoms with Crippen molar-refractivity contribution >= 4 is 5.97 Å². The largest absolute Gasteiger partial charge is 0.396 e. The van der Waals surface area contributed by atoms with Gasteiger partial charge in [0, 0.05) is 12.3 Å². The molecule has 4 aliphatic rings. The zero-order chi connectivity index (χ0) is 21.0. The van der Waals surface area contributed by atoms with E-state index >= 15 is 0 Å². The maximum absolute atomic E-state index is 11.1. The Labute approximate surface area is 172 Å². The van der Waals surface area contributed by atoms with Crippen molar-refractivity contribution in [2.45, 2.75) is 70.7 Å². The van der Waals surface area contributed by atoms with E-state index in [2.05, 4.69) is 19.0 Å². The van der Waals surface area contributed by atoms with Gasteiger partial charge >= 0.3 is 5.97 Å². The predicted octanol–water partition coefficient (Wildman–Crippen LogP) is 1.36. The molecule has 4 N–H and O–H groups in total. The van der Waals surface area contributed by atoms with Gasteiger partial charge in [-0.1, -0.05) is 18.9 Å². The van der Waals surface area contributed by atoms with Crippen LogP contribution in [0.2, 0.25) is 0 Å². The van der Waals surface area contributed by atoms with Gasteiger partial charge in [-0.25, -0.2) is 0 Å². The fourth-order valence-corrected chi connectivity index (χ4v) is 7.13. The first-order valence-electron chi connectivity index (χ1n) is 10.8. The first-order chi connectivity index (χ1) is 13.7. The summed E-state index contributed by atoms with van der Waals surface area (Å²) in [4.78, 5) is 10.9. The van der Waals surface area contributed by atoms with E-state index in [1.165, 1.54) is 6.92 Å². The summed E-state index contributed by atoms with van der Waals surface area (Å²) in [6.07, 6.45) is 6.78. The van der Waals surface area contributed by atoms with Crippen LogP contribution in [0.1, 0.15) is 52.4 Å². The molecule has 4 rings (SSSR count). The molecule has 4 aliphatic carbocycles. The molecule has 0 saturated heterocycles. The molecule has 6 nitrogen and oxygen atoms in total. The maximum Gasteiger partial charge on any atom is 0.316 e. The maximum atomic E-state index is 11.1. The summed E-state index contributed by atoms with van der Waals surface area (Å²) in [6, 6.07) is 0. The highest BCUT2D eigenvalue weighted by atomic mass is 16.5. The van der Waals surface area contributed by atoms with Crippen molar-refractivity contribution < 1.29 is 30.0 Å². The Bertz CT molecular complexity index is 765. The lowest BCUT2D eigenvalue weighted by Crippen LogP contribution is -2.58. The number of carbonyl (C=O) groups excluding carboxylic acids is 1. The quantitative estimate of drug-likeness (QED) is 0.299. The smallest absolute Gasteiger partial charge is 0.316 e. The number of hydrogen-bond acceptors (Lipinski definition) is 6. The lowest BCUT2D eigenvalue weighted by molar-refractivity contribution is -0.134.